The number of aryl methyl sites for hydroxylation is 1. The SMILES string of the molecule is CC(NC(=O)CCCc1ccc(Cl)cc1)c1cccc(NC(=O)c2ccccc2)c1. The highest BCUT2D eigenvalue weighted by molar-refractivity contribution is 6.30. The number of rotatable bonds is 8. The van der Waals surface area contributed by atoms with Gasteiger partial charge in [0.2, 0.25) is 5.91 Å². The summed E-state index contributed by atoms with van der Waals surface area (Å²) in [5, 5.41) is 6.65. The van der Waals surface area contributed by atoms with Crippen LogP contribution < -0.4 is 10.6 Å². The molecule has 0 saturated heterocycles. The normalized spacial score (nSPS) is 11.5. The number of halogens is 1. The zero-order valence-electron chi connectivity index (χ0n) is 16.9. The molecule has 1 atom stereocenters. The van der Waals surface area contributed by atoms with E-state index in [9.17, 15) is 9.59 Å². The first-order valence-corrected chi connectivity index (χ1v) is 10.4. The summed E-state index contributed by atoms with van der Waals surface area (Å²) in [5.74, 6) is -0.151. The van der Waals surface area contributed by atoms with Gasteiger partial charge in [0.15, 0.2) is 0 Å². The maximum absolute atomic E-state index is 12.3. The lowest BCUT2D eigenvalue weighted by atomic mass is 10.1. The molecular weight excluding hydrogens is 396 g/mol. The van der Waals surface area contributed by atoms with E-state index in [1.165, 1.54) is 5.56 Å². The van der Waals surface area contributed by atoms with Gasteiger partial charge in [-0.25, -0.2) is 0 Å². The zero-order valence-corrected chi connectivity index (χ0v) is 17.7. The summed E-state index contributed by atoms with van der Waals surface area (Å²) < 4.78 is 0. The monoisotopic (exact) mass is 420 g/mol. The van der Waals surface area contributed by atoms with Crippen LogP contribution >= 0.6 is 11.6 Å². The van der Waals surface area contributed by atoms with Crippen LogP contribution in [0.4, 0.5) is 5.69 Å². The fourth-order valence-electron chi connectivity index (χ4n) is 3.18. The Balaban J connectivity index is 1.50. The maximum Gasteiger partial charge on any atom is 0.255 e. The lowest BCUT2D eigenvalue weighted by molar-refractivity contribution is -0.121. The summed E-state index contributed by atoms with van der Waals surface area (Å²) in [6.45, 7) is 1.94. The standard InChI is InChI=1S/C25H25ClN2O2/c1-18(27-24(29)12-5-7-19-13-15-22(26)16-14-19)21-10-6-11-23(17-21)28-25(30)20-8-3-2-4-9-20/h2-4,6,8-11,13-18H,5,7,12H2,1H3,(H,27,29)(H,28,30). The third kappa shape index (κ3) is 6.46. The smallest absolute Gasteiger partial charge is 0.255 e. The van der Waals surface area contributed by atoms with Crippen LogP contribution in [-0.2, 0) is 11.2 Å². The summed E-state index contributed by atoms with van der Waals surface area (Å²) in [4.78, 5) is 24.7. The second-order valence-electron chi connectivity index (χ2n) is 7.21. The molecule has 0 aliphatic heterocycles. The Bertz CT molecular complexity index is 988. The Hall–Kier alpha value is -3.11. The van der Waals surface area contributed by atoms with Gasteiger partial charge in [-0.3, -0.25) is 9.59 Å². The molecule has 0 saturated carbocycles. The highest BCUT2D eigenvalue weighted by Gasteiger charge is 2.11. The van der Waals surface area contributed by atoms with Crippen molar-refractivity contribution in [2.45, 2.75) is 32.2 Å². The first-order chi connectivity index (χ1) is 14.5. The van der Waals surface area contributed by atoms with Crippen LogP contribution in [0.25, 0.3) is 0 Å². The Morgan fingerprint density at radius 3 is 2.40 bits per heavy atom. The van der Waals surface area contributed by atoms with Crippen molar-refractivity contribution in [3.05, 3.63) is 101 Å². The van der Waals surface area contributed by atoms with Crippen LogP contribution in [0, 0.1) is 0 Å². The van der Waals surface area contributed by atoms with Gasteiger partial charge >= 0.3 is 0 Å². The fraction of sp³-hybridized carbons (Fsp3) is 0.200. The van der Waals surface area contributed by atoms with Crippen molar-refractivity contribution in [1.29, 1.82) is 0 Å². The van der Waals surface area contributed by atoms with Crippen LogP contribution in [-0.4, -0.2) is 11.8 Å². The molecule has 0 spiro atoms. The van der Waals surface area contributed by atoms with Gasteiger partial charge in [-0.2, -0.15) is 0 Å². The van der Waals surface area contributed by atoms with E-state index in [2.05, 4.69) is 10.6 Å². The molecule has 0 radical (unpaired) electrons. The molecule has 3 aromatic carbocycles. The lowest BCUT2D eigenvalue weighted by Gasteiger charge is -2.16. The molecule has 0 aliphatic rings. The van der Waals surface area contributed by atoms with Crippen LogP contribution in [0.1, 0.15) is 47.3 Å². The van der Waals surface area contributed by atoms with Gasteiger partial charge in [0.25, 0.3) is 5.91 Å². The van der Waals surface area contributed by atoms with Crippen molar-refractivity contribution in [1.82, 2.24) is 5.32 Å². The van der Waals surface area contributed by atoms with E-state index in [4.69, 9.17) is 11.6 Å². The molecule has 2 amide bonds. The summed E-state index contributed by atoms with van der Waals surface area (Å²) in [6.07, 6.45) is 2.06. The van der Waals surface area contributed by atoms with Gasteiger partial charge in [0.1, 0.15) is 0 Å². The van der Waals surface area contributed by atoms with Gasteiger partial charge < -0.3 is 10.6 Å². The van der Waals surface area contributed by atoms with E-state index in [1.54, 1.807) is 12.1 Å². The number of hydrogen-bond acceptors (Lipinski definition) is 2. The van der Waals surface area contributed by atoms with E-state index < -0.39 is 0 Å². The van der Waals surface area contributed by atoms with E-state index in [-0.39, 0.29) is 17.9 Å². The topological polar surface area (TPSA) is 58.2 Å². The van der Waals surface area contributed by atoms with Gasteiger partial charge in [0.05, 0.1) is 6.04 Å². The third-order valence-electron chi connectivity index (χ3n) is 4.84. The summed E-state index contributed by atoms with van der Waals surface area (Å²) >= 11 is 5.89. The zero-order chi connectivity index (χ0) is 21.3. The molecule has 3 rings (SSSR count). The number of benzene rings is 3. The first kappa shape index (κ1) is 21.6. The minimum atomic E-state index is -0.161. The Morgan fingerprint density at radius 1 is 0.933 bits per heavy atom. The molecule has 0 aliphatic carbocycles. The number of nitrogens with one attached hydrogen (secondary N) is 2. The number of amides is 2. The van der Waals surface area contributed by atoms with Crippen molar-refractivity contribution >= 4 is 29.1 Å². The van der Waals surface area contributed by atoms with Gasteiger partial charge in [-0.1, -0.05) is 54.1 Å². The van der Waals surface area contributed by atoms with E-state index in [0.717, 1.165) is 18.4 Å². The predicted octanol–water partition coefficient (Wildman–Crippen LogP) is 5.79. The van der Waals surface area contributed by atoms with Crippen LogP contribution in [0.15, 0.2) is 78.9 Å². The van der Waals surface area contributed by atoms with Gasteiger partial charge in [-0.15, -0.1) is 0 Å². The van der Waals surface area contributed by atoms with Crippen LogP contribution in [0.5, 0.6) is 0 Å². The molecule has 2 N–H and O–H groups in total. The average molecular weight is 421 g/mol. The largest absolute Gasteiger partial charge is 0.350 e. The predicted molar refractivity (Wildman–Crippen MR) is 122 cm³/mol. The van der Waals surface area contributed by atoms with Crippen LogP contribution in [0.2, 0.25) is 5.02 Å². The first-order valence-electron chi connectivity index (χ1n) is 10.0. The van der Waals surface area contributed by atoms with Crippen LogP contribution in [0.3, 0.4) is 0 Å². The fourth-order valence-corrected chi connectivity index (χ4v) is 3.31. The number of anilines is 1. The molecule has 30 heavy (non-hydrogen) atoms. The molecule has 0 fully saturated rings. The summed E-state index contributed by atoms with van der Waals surface area (Å²) in [5.41, 5.74) is 3.41. The molecule has 4 nitrogen and oxygen atoms in total. The van der Waals surface area contributed by atoms with E-state index >= 15 is 0 Å². The van der Waals surface area contributed by atoms with E-state index in [1.807, 2.05) is 73.7 Å². The molecule has 154 valence electrons. The number of carbonyl (C=O) groups is 2. The Kier molecular flexibility index (Phi) is 7.63. The Morgan fingerprint density at radius 2 is 1.67 bits per heavy atom. The minimum absolute atomic E-state index is 0.00943. The second-order valence-corrected chi connectivity index (χ2v) is 7.65. The molecule has 0 bridgehead atoms. The molecule has 0 heterocycles. The number of carbonyl (C=O) groups excluding carboxylic acids is 2. The van der Waals surface area contributed by atoms with Crippen molar-refractivity contribution in [3.63, 3.8) is 0 Å². The molecule has 5 heteroatoms. The Labute approximate surface area is 182 Å². The quantitative estimate of drug-likeness (QED) is 0.484. The highest BCUT2D eigenvalue weighted by atomic mass is 35.5. The molecule has 1 unspecified atom stereocenters. The maximum atomic E-state index is 12.3. The van der Waals surface area contributed by atoms with Crippen molar-refractivity contribution < 1.29 is 9.59 Å². The molecular formula is C25H25ClN2O2. The number of hydrogen-bond donors (Lipinski definition) is 2. The van der Waals surface area contributed by atoms with Crippen molar-refractivity contribution in [3.8, 4) is 0 Å². The van der Waals surface area contributed by atoms with E-state index in [0.29, 0.717) is 22.7 Å². The minimum Gasteiger partial charge on any atom is -0.350 e. The lowest BCUT2D eigenvalue weighted by Crippen LogP contribution is -2.26. The molecule has 0 aromatic heterocycles. The summed E-state index contributed by atoms with van der Waals surface area (Å²) in [6, 6.07) is 24.2. The van der Waals surface area contributed by atoms with Crippen molar-refractivity contribution in [2.75, 3.05) is 5.32 Å². The highest BCUT2D eigenvalue weighted by Crippen LogP contribution is 2.19. The summed E-state index contributed by atoms with van der Waals surface area (Å²) in [7, 11) is 0. The van der Waals surface area contributed by atoms with Gasteiger partial charge in [0, 0.05) is 22.7 Å². The van der Waals surface area contributed by atoms with Gasteiger partial charge in [-0.05, 0) is 67.3 Å². The third-order valence-corrected chi connectivity index (χ3v) is 5.09. The molecule has 3 aromatic rings. The average Bonchev–Trinajstić information content (AvgIpc) is 2.76. The second kappa shape index (κ2) is 10.6. The van der Waals surface area contributed by atoms with Crippen molar-refractivity contribution in [2.24, 2.45) is 0 Å².